The summed E-state index contributed by atoms with van der Waals surface area (Å²) in [5.41, 5.74) is 1.73. The molecule has 1 amide bonds. The van der Waals surface area contributed by atoms with Gasteiger partial charge < -0.3 is 9.47 Å². The zero-order valence-corrected chi connectivity index (χ0v) is 19.8. The van der Waals surface area contributed by atoms with Gasteiger partial charge in [0.25, 0.3) is 5.91 Å². The lowest BCUT2D eigenvalue weighted by Gasteiger charge is -2.13. The molecule has 0 N–H and O–H groups in total. The summed E-state index contributed by atoms with van der Waals surface area (Å²) in [5, 5.41) is 3.72. The minimum Gasteiger partial charge on any atom is -0.490 e. The molecule has 1 saturated heterocycles. The first-order valence-electron chi connectivity index (χ1n) is 9.84. The lowest BCUT2D eigenvalue weighted by Crippen LogP contribution is -2.23. The van der Waals surface area contributed by atoms with Gasteiger partial charge in [-0.25, -0.2) is 4.98 Å². The van der Waals surface area contributed by atoms with E-state index < -0.39 is 0 Å². The summed E-state index contributed by atoms with van der Waals surface area (Å²) in [5.74, 6) is 1.11. The van der Waals surface area contributed by atoms with Gasteiger partial charge in [-0.1, -0.05) is 35.9 Å². The van der Waals surface area contributed by atoms with Crippen molar-refractivity contribution in [2.24, 2.45) is 4.99 Å². The highest BCUT2D eigenvalue weighted by molar-refractivity contribution is 8.18. The molecule has 0 spiro atoms. The van der Waals surface area contributed by atoms with Crippen molar-refractivity contribution in [2.75, 3.05) is 13.7 Å². The van der Waals surface area contributed by atoms with Crippen molar-refractivity contribution < 1.29 is 14.3 Å². The number of amidine groups is 1. The first-order valence-corrected chi connectivity index (χ1v) is 11.9. The monoisotopic (exact) mass is 485 g/mol. The molecule has 0 radical (unpaired) electrons. The fourth-order valence-electron chi connectivity index (χ4n) is 2.93. The fourth-order valence-corrected chi connectivity index (χ4v) is 4.65. The molecule has 2 aromatic carbocycles. The molecule has 9 heteroatoms. The number of nitrogens with zero attached hydrogens (tertiary/aromatic N) is 3. The van der Waals surface area contributed by atoms with Gasteiger partial charge in [-0.2, -0.15) is 4.99 Å². The Bertz CT molecular complexity index is 1180. The second-order valence-electron chi connectivity index (χ2n) is 6.70. The molecule has 164 valence electrons. The van der Waals surface area contributed by atoms with Crippen molar-refractivity contribution in [3.05, 3.63) is 75.1 Å². The summed E-state index contributed by atoms with van der Waals surface area (Å²) in [6.45, 7) is 2.73. The van der Waals surface area contributed by atoms with Crippen molar-refractivity contribution in [3.63, 3.8) is 0 Å². The molecule has 4 rings (SSSR count). The van der Waals surface area contributed by atoms with E-state index in [0.29, 0.717) is 44.9 Å². The average Bonchev–Trinajstić information content (AvgIpc) is 3.39. The van der Waals surface area contributed by atoms with Gasteiger partial charge in [0.2, 0.25) is 5.13 Å². The Kier molecular flexibility index (Phi) is 7.14. The Morgan fingerprint density at radius 1 is 1.19 bits per heavy atom. The third-order valence-electron chi connectivity index (χ3n) is 4.52. The summed E-state index contributed by atoms with van der Waals surface area (Å²) in [7, 11) is 1.71. The first-order chi connectivity index (χ1) is 15.5. The summed E-state index contributed by atoms with van der Waals surface area (Å²) in [4.78, 5) is 23.4. The number of likely N-dealkylation sites (N-methyl/N-ethyl adjacent to an activating group) is 1. The number of hydrogen-bond acceptors (Lipinski definition) is 7. The standard InChI is InChI=1S/C23H20ClN3O3S2/c1-3-29-19-12-15(8-9-18(19)30-14-16-6-4-5-7-17(16)24)13-20-21(28)27(2)23(32-20)26-22-25-10-11-31-22/h4-13H,3,14H2,1-2H3/b20-13-,26-23+. The van der Waals surface area contributed by atoms with Gasteiger partial charge >= 0.3 is 0 Å². The molecule has 1 aliphatic rings. The minimum absolute atomic E-state index is 0.109. The van der Waals surface area contributed by atoms with Crippen LogP contribution in [0.2, 0.25) is 5.02 Å². The molecule has 2 heterocycles. The number of halogens is 1. The maximum absolute atomic E-state index is 12.7. The first kappa shape index (κ1) is 22.4. The molecular formula is C23H20ClN3O3S2. The molecule has 1 aliphatic heterocycles. The molecular weight excluding hydrogens is 466 g/mol. The van der Waals surface area contributed by atoms with Crippen LogP contribution in [0, 0.1) is 0 Å². The Hall–Kier alpha value is -2.81. The summed E-state index contributed by atoms with van der Waals surface area (Å²) in [6, 6.07) is 13.1. The molecule has 3 aromatic rings. The number of benzene rings is 2. The predicted molar refractivity (Wildman–Crippen MR) is 131 cm³/mol. The zero-order valence-electron chi connectivity index (χ0n) is 17.4. The molecule has 1 aromatic heterocycles. The Balaban J connectivity index is 1.55. The highest BCUT2D eigenvalue weighted by atomic mass is 35.5. The van der Waals surface area contributed by atoms with Gasteiger partial charge in [-0.15, -0.1) is 11.3 Å². The quantitative estimate of drug-likeness (QED) is 0.383. The van der Waals surface area contributed by atoms with Crippen LogP contribution in [0.3, 0.4) is 0 Å². The van der Waals surface area contributed by atoms with E-state index in [4.69, 9.17) is 21.1 Å². The number of rotatable bonds is 7. The van der Waals surface area contributed by atoms with Crippen LogP contribution in [0.5, 0.6) is 11.5 Å². The van der Waals surface area contributed by atoms with Crippen molar-refractivity contribution in [3.8, 4) is 11.5 Å². The van der Waals surface area contributed by atoms with Crippen molar-refractivity contribution in [1.82, 2.24) is 9.88 Å². The number of ether oxygens (including phenoxy) is 2. The van der Waals surface area contributed by atoms with Crippen molar-refractivity contribution in [1.29, 1.82) is 0 Å². The van der Waals surface area contributed by atoms with Crippen LogP contribution in [-0.4, -0.2) is 34.6 Å². The average molecular weight is 486 g/mol. The van der Waals surface area contributed by atoms with E-state index in [1.54, 1.807) is 13.2 Å². The summed E-state index contributed by atoms with van der Waals surface area (Å²) in [6.07, 6.45) is 3.51. The lowest BCUT2D eigenvalue weighted by molar-refractivity contribution is -0.121. The van der Waals surface area contributed by atoms with Gasteiger partial charge in [0, 0.05) is 29.2 Å². The molecule has 0 bridgehead atoms. The Morgan fingerprint density at radius 2 is 2.03 bits per heavy atom. The van der Waals surface area contributed by atoms with Gasteiger partial charge in [0.05, 0.1) is 11.5 Å². The summed E-state index contributed by atoms with van der Waals surface area (Å²) >= 11 is 8.97. The second kappa shape index (κ2) is 10.2. The van der Waals surface area contributed by atoms with E-state index in [0.717, 1.165) is 11.1 Å². The highest BCUT2D eigenvalue weighted by Gasteiger charge is 2.30. The number of aromatic nitrogens is 1. The largest absolute Gasteiger partial charge is 0.490 e. The molecule has 32 heavy (non-hydrogen) atoms. The Morgan fingerprint density at radius 3 is 2.78 bits per heavy atom. The molecule has 0 atom stereocenters. The number of aliphatic imine (C=N–C) groups is 1. The predicted octanol–water partition coefficient (Wildman–Crippen LogP) is 6.01. The fraction of sp³-hybridized carbons (Fsp3) is 0.174. The normalized spacial score (nSPS) is 16.2. The summed E-state index contributed by atoms with van der Waals surface area (Å²) < 4.78 is 11.7. The van der Waals surface area contributed by atoms with Gasteiger partial charge in [0.15, 0.2) is 16.7 Å². The van der Waals surface area contributed by atoms with Crippen molar-refractivity contribution >= 4 is 57.0 Å². The third kappa shape index (κ3) is 5.15. The van der Waals surface area contributed by atoms with E-state index in [1.807, 2.05) is 60.8 Å². The Labute approximate surface area is 199 Å². The van der Waals surface area contributed by atoms with Crippen molar-refractivity contribution in [2.45, 2.75) is 13.5 Å². The van der Waals surface area contributed by atoms with Crippen LogP contribution < -0.4 is 9.47 Å². The van der Waals surface area contributed by atoms with E-state index in [1.165, 1.54) is 28.0 Å². The van der Waals surface area contributed by atoms with E-state index >= 15 is 0 Å². The minimum atomic E-state index is -0.109. The van der Waals surface area contributed by atoms with Gasteiger partial charge in [-0.3, -0.25) is 9.69 Å². The molecule has 0 unspecified atom stereocenters. The number of carbonyl (C=O) groups is 1. The third-order valence-corrected chi connectivity index (χ3v) is 6.61. The molecule has 6 nitrogen and oxygen atoms in total. The number of thiazole rings is 1. The van der Waals surface area contributed by atoms with Gasteiger partial charge in [0.1, 0.15) is 6.61 Å². The number of amides is 1. The zero-order chi connectivity index (χ0) is 22.5. The van der Waals surface area contributed by atoms with E-state index in [9.17, 15) is 4.79 Å². The molecule has 0 saturated carbocycles. The number of hydrogen-bond donors (Lipinski definition) is 0. The van der Waals surface area contributed by atoms with E-state index in [2.05, 4.69) is 9.98 Å². The van der Waals surface area contributed by atoms with Crippen LogP contribution >= 0.6 is 34.7 Å². The molecule has 0 aliphatic carbocycles. The number of thioether (sulfide) groups is 1. The topological polar surface area (TPSA) is 64.0 Å². The van der Waals surface area contributed by atoms with Crippen LogP contribution in [0.15, 0.2) is 63.9 Å². The SMILES string of the molecule is CCOc1cc(/C=C2\S/C(=N/c3nccs3)N(C)C2=O)ccc1OCc1ccccc1Cl. The lowest BCUT2D eigenvalue weighted by atomic mass is 10.1. The van der Waals surface area contributed by atoms with Crippen LogP contribution in [0.1, 0.15) is 18.1 Å². The van der Waals surface area contributed by atoms with Crippen LogP contribution in [-0.2, 0) is 11.4 Å². The second-order valence-corrected chi connectivity index (χ2v) is 8.99. The van der Waals surface area contributed by atoms with Gasteiger partial charge in [-0.05, 0) is 48.5 Å². The smallest absolute Gasteiger partial charge is 0.266 e. The molecule has 1 fully saturated rings. The highest BCUT2D eigenvalue weighted by Crippen LogP contribution is 2.35. The maximum atomic E-state index is 12.7. The van der Waals surface area contributed by atoms with Crippen LogP contribution in [0.25, 0.3) is 6.08 Å². The van der Waals surface area contributed by atoms with Crippen LogP contribution in [0.4, 0.5) is 5.13 Å². The number of carbonyl (C=O) groups excluding carboxylic acids is 1. The maximum Gasteiger partial charge on any atom is 0.266 e. The van der Waals surface area contributed by atoms with E-state index in [-0.39, 0.29) is 5.91 Å².